The number of amides is 1. The van der Waals surface area contributed by atoms with Crippen LogP contribution in [0, 0.1) is 5.41 Å². The molecular formula is C16H22ClNO2. The number of nitrogens with one attached hydrogen (secondary N) is 1. The van der Waals surface area contributed by atoms with E-state index in [4.69, 9.17) is 16.3 Å². The molecule has 0 bridgehead atoms. The summed E-state index contributed by atoms with van der Waals surface area (Å²) in [7, 11) is 0. The van der Waals surface area contributed by atoms with Crippen molar-refractivity contribution in [3.8, 4) is 0 Å². The summed E-state index contributed by atoms with van der Waals surface area (Å²) in [6, 6.07) is 7.40. The lowest BCUT2D eigenvalue weighted by atomic mass is 9.69. The van der Waals surface area contributed by atoms with Gasteiger partial charge in [-0.1, -0.05) is 30.2 Å². The summed E-state index contributed by atoms with van der Waals surface area (Å²) in [6.07, 6.45) is 3.93. The van der Waals surface area contributed by atoms with Gasteiger partial charge in [-0.05, 0) is 37.5 Å². The van der Waals surface area contributed by atoms with Crippen molar-refractivity contribution in [2.45, 2.75) is 32.6 Å². The van der Waals surface area contributed by atoms with Crippen LogP contribution >= 0.6 is 11.6 Å². The SMILES string of the molecule is CCOCC1(CNC(=O)Cc2ccc(Cl)cc2)CCC1. The second-order valence-corrected chi connectivity index (χ2v) is 6.01. The first kappa shape index (κ1) is 15.3. The molecule has 4 heteroatoms. The number of carbonyl (C=O) groups is 1. The summed E-state index contributed by atoms with van der Waals surface area (Å²) in [5, 5.41) is 3.74. The molecule has 0 radical (unpaired) electrons. The van der Waals surface area contributed by atoms with Gasteiger partial charge in [0, 0.05) is 23.6 Å². The molecule has 1 saturated carbocycles. The van der Waals surface area contributed by atoms with Gasteiger partial charge in [-0.3, -0.25) is 4.79 Å². The van der Waals surface area contributed by atoms with Crippen molar-refractivity contribution in [1.29, 1.82) is 0 Å². The third-order valence-electron chi connectivity index (χ3n) is 3.97. The van der Waals surface area contributed by atoms with Crippen molar-refractivity contribution in [3.63, 3.8) is 0 Å². The number of carbonyl (C=O) groups excluding carboxylic acids is 1. The van der Waals surface area contributed by atoms with Gasteiger partial charge in [0.2, 0.25) is 5.91 Å². The fraction of sp³-hybridized carbons (Fsp3) is 0.562. The molecule has 1 aliphatic carbocycles. The Labute approximate surface area is 125 Å². The number of rotatable bonds is 7. The first-order chi connectivity index (χ1) is 9.63. The van der Waals surface area contributed by atoms with E-state index in [0.717, 1.165) is 38.2 Å². The van der Waals surface area contributed by atoms with Crippen LogP contribution in [0.3, 0.4) is 0 Å². The summed E-state index contributed by atoms with van der Waals surface area (Å²) >= 11 is 5.83. The number of hydrogen-bond acceptors (Lipinski definition) is 2. The van der Waals surface area contributed by atoms with Crippen LogP contribution in [-0.4, -0.2) is 25.7 Å². The van der Waals surface area contributed by atoms with Crippen LogP contribution in [0.2, 0.25) is 5.02 Å². The Hall–Kier alpha value is -1.06. The molecule has 0 unspecified atom stereocenters. The molecule has 0 aromatic heterocycles. The highest BCUT2D eigenvalue weighted by molar-refractivity contribution is 6.30. The Bertz CT molecular complexity index is 440. The summed E-state index contributed by atoms with van der Waals surface area (Å²) in [6.45, 7) is 4.22. The molecule has 110 valence electrons. The second kappa shape index (κ2) is 7.09. The molecule has 1 aromatic carbocycles. The van der Waals surface area contributed by atoms with Gasteiger partial charge < -0.3 is 10.1 Å². The van der Waals surface area contributed by atoms with E-state index in [9.17, 15) is 4.79 Å². The van der Waals surface area contributed by atoms with E-state index in [1.165, 1.54) is 6.42 Å². The molecule has 1 N–H and O–H groups in total. The minimum atomic E-state index is 0.0649. The lowest BCUT2D eigenvalue weighted by Crippen LogP contribution is -2.45. The summed E-state index contributed by atoms with van der Waals surface area (Å²) < 4.78 is 5.54. The zero-order chi connectivity index (χ0) is 14.4. The van der Waals surface area contributed by atoms with Crippen molar-refractivity contribution in [3.05, 3.63) is 34.9 Å². The Kier molecular flexibility index (Phi) is 5.44. The molecule has 1 fully saturated rings. The Balaban J connectivity index is 1.78. The lowest BCUT2D eigenvalue weighted by Gasteiger charge is -2.41. The largest absolute Gasteiger partial charge is 0.381 e. The smallest absolute Gasteiger partial charge is 0.224 e. The summed E-state index contributed by atoms with van der Waals surface area (Å²) in [5.41, 5.74) is 1.16. The highest BCUT2D eigenvalue weighted by Crippen LogP contribution is 2.40. The minimum Gasteiger partial charge on any atom is -0.381 e. The van der Waals surface area contributed by atoms with Crippen LogP contribution in [0.25, 0.3) is 0 Å². The highest BCUT2D eigenvalue weighted by atomic mass is 35.5. The van der Waals surface area contributed by atoms with Crippen molar-refractivity contribution in [2.75, 3.05) is 19.8 Å². The topological polar surface area (TPSA) is 38.3 Å². The van der Waals surface area contributed by atoms with Crippen molar-refractivity contribution in [2.24, 2.45) is 5.41 Å². The van der Waals surface area contributed by atoms with Gasteiger partial charge >= 0.3 is 0 Å². The van der Waals surface area contributed by atoms with Gasteiger partial charge in [0.1, 0.15) is 0 Å². The van der Waals surface area contributed by atoms with E-state index in [1.54, 1.807) is 0 Å². The highest BCUT2D eigenvalue weighted by Gasteiger charge is 2.37. The molecule has 0 aliphatic heterocycles. The Morgan fingerprint density at radius 3 is 2.60 bits per heavy atom. The fourth-order valence-corrected chi connectivity index (χ4v) is 2.63. The van der Waals surface area contributed by atoms with Crippen molar-refractivity contribution < 1.29 is 9.53 Å². The first-order valence-corrected chi connectivity index (χ1v) is 7.60. The van der Waals surface area contributed by atoms with Crippen LogP contribution in [0.4, 0.5) is 0 Å². The van der Waals surface area contributed by atoms with Crippen LogP contribution < -0.4 is 5.32 Å². The number of hydrogen-bond donors (Lipinski definition) is 1. The predicted molar refractivity (Wildman–Crippen MR) is 80.9 cm³/mol. The Morgan fingerprint density at radius 2 is 2.05 bits per heavy atom. The third kappa shape index (κ3) is 4.22. The maximum absolute atomic E-state index is 12.0. The van der Waals surface area contributed by atoms with Crippen LogP contribution in [0.15, 0.2) is 24.3 Å². The van der Waals surface area contributed by atoms with Gasteiger partial charge in [-0.25, -0.2) is 0 Å². The monoisotopic (exact) mass is 295 g/mol. The van der Waals surface area contributed by atoms with Crippen LogP contribution in [-0.2, 0) is 16.0 Å². The molecule has 0 atom stereocenters. The van der Waals surface area contributed by atoms with Gasteiger partial charge in [0.05, 0.1) is 13.0 Å². The number of benzene rings is 1. The van der Waals surface area contributed by atoms with E-state index in [0.29, 0.717) is 11.4 Å². The number of ether oxygens (including phenoxy) is 1. The van der Waals surface area contributed by atoms with Crippen LogP contribution in [0.1, 0.15) is 31.7 Å². The van der Waals surface area contributed by atoms with Crippen molar-refractivity contribution in [1.82, 2.24) is 5.32 Å². The summed E-state index contributed by atoms with van der Waals surface area (Å²) in [5.74, 6) is 0.0649. The third-order valence-corrected chi connectivity index (χ3v) is 4.22. The molecule has 0 heterocycles. The van der Waals surface area contributed by atoms with Gasteiger partial charge in [-0.2, -0.15) is 0 Å². The Morgan fingerprint density at radius 1 is 1.35 bits per heavy atom. The average Bonchev–Trinajstić information content (AvgIpc) is 2.40. The van der Waals surface area contributed by atoms with Crippen molar-refractivity contribution >= 4 is 17.5 Å². The molecule has 2 rings (SSSR count). The fourth-order valence-electron chi connectivity index (χ4n) is 2.50. The maximum Gasteiger partial charge on any atom is 0.224 e. The number of halogens is 1. The molecular weight excluding hydrogens is 274 g/mol. The minimum absolute atomic E-state index is 0.0649. The van der Waals surface area contributed by atoms with E-state index < -0.39 is 0 Å². The molecule has 0 spiro atoms. The quantitative estimate of drug-likeness (QED) is 0.839. The van der Waals surface area contributed by atoms with E-state index in [-0.39, 0.29) is 11.3 Å². The molecule has 0 saturated heterocycles. The molecule has 1 aliphatic rings. The van der Waals surface area contributed by atoms with E-state index in [1.807, 2.05) is 31.2 Å². The second-order valence-electron chi connectivity index (χ2n) is 5.57. The zero-order valence-electron chi connectivity index (χ0n) is 12.0. The maximum atomic E-state index is 12.0. The molecule has 20 heavy (non-hydrogen) atoms. The van der Waals surface area contributed by atoms with Crippen LogP contribution in [0.5, 0.6) is 0 Å². The van der Waals surface area contributed by atoms with Gasteiger partial charge in [0.15, 0.2) is 0 Å². The van der Waals surface area contributed by atoms with E-state index >= 15 is 0 Å². The van der Waals surface area contributed by atoms with E-state index in [2.05, 4.69) is 5.32 Å². The zero-order valence-corrected chi connectivity index (χ0v) is 12.7. The lowest BCUT2D eigenvalue weighted by molar-refractivity contribution is -0.121. The molecule has 3 nitrogen and oxygen atoms in total. The summed E-state index contributed by atoms with van der Waals surface area (Å²) in [4.78, 5) is 12.0. The van der Waals surface area contributed by atoms with Gasteiger partial charge in [0.25, 0.3) is 0 Å². The van der Waals surface area contributed by atoms with Gasteiger partial charge in [-0.15, -0.1) is 0 Å². The molecule has 1 aromatic rings. The normalized spacial score (nSPS) is 16.5. The standard InChI is InChI=1S/C16H22ClNO2/c1-2-20-12-16(8-3-9-16)11-18-15(19)10-13-4-6-14(17)7-5-13/h4-7H,2-3,8-12H2,1H3,(H,18,19). The average molecular weight is 296 g/mol. The first-order valence-electron chi connectivity index (χ1n) is 7.22. The molecule has 1 amide bonds. The predicted octanol–water partition coefficient (Wildman–Crippen LogP) is 3.21.